The van der Waals surface area contributed by atoms with Gasteiger partial charge in [0, 0.05) is 13.1 Å². The second kappa shape index (κ2) is 6.22. The molecular weight excluding hydrogens is 254 g/mol. The van der Waals surface area contributed by atoms with E-state index in [9.17, 15) is 10.1 Å². The van der Waals surface area contributed by atoms with E-state index < -0.39 is 4.92 Å². The van der Waals surface area contributed by atoms with Crippen LogP contribution in [0.4, 0.5) is 11.4 Å². The molecule has 0 spiro atoms. The minimum absolute atomic E-state index is 0.105. The molecule has 18 heavy (non-hydrogen) atoms. The van der Waals surface area contributed by atoms with E-state index in [1.54, 1.807) is 24.0 Å². The number of nitriles is 1. The SMILES string of the molecule is CCN(CC(C)C#N)c1cccc(Cl)c1[N+](=O)[O-]. The molecule has 1 unspecified atom stereocenters. The highest BCUT2D eigenvalue weighted by molar-refractivity contribution is 6.33. The molecule has 5 nitrogen and oxygen atoms in total. The maximum absolute atomic E-state index is 11.0. The van der Waals surface area contributed by atoms with Crippen LogP contribution in [0.5, 0.6) is 0 Å². The van der Waals surface area contributed by atoms with Gasteiger partial charge in [0.25, 0.3) is 0 Å². The molecular formula is C12H14ClN3O2. The van der Waals surface area contributed by atoms with Crippen LogP contribution >= 0.6 is 11.6 Å². The fourth-order valence-electron chi connectivity index (χ4n) is 1.71. The maximum Gasteiger partial charge on any atom is 0.310 e. The molecule has 0 heterocycles. The van der Waals surface area contributed by atoms with Crippen molar-refractivity contribution in [3.8, 4) is 6.07 Å². The molecule has 0 aliphatic heterocycles. The van der Waals surface area contributed by atoms with Crippen LogP contribution in [0.2, 0.25) is 5.02 Å². The third kappa shape index (κ3) is 3.11. The minimum Gasteiger partial charge on any atom is -0.365 e. The van der Waals surface area contributed by atoms with E-state index in [1.165, 1.54) is 6.07 Å². The number of nitro benzene ring substituents is 1. The highest BCUT2D eigenvalue weighted by atomic mass is 35.5. The van der Waals surface area contributed by atoms with Crippen LogP contribution < -0.4 is 4.90 Å². The Kier molecular flexibility index (Phi) is 4.93. The summed E-state index contributed by atoms with van der Waals surface area (Å²) in [5.41, 5.74) is 0.350. The van der Waals surface area contributed by atoms with Gasteiger partial charge < -0.3 is 4.90 Å². The van der Waals surface area contributed by atoms with Crippen LogP contribution in [0.15, 0.2) is 18.2 Å². The van der Waals surface area contributed by atoms with Crippen LogP contribution in [-0.4, -0.2) is 18.0 Å². The summed E-state index contributed by atoms with van der Waals surface area (Å²) in [6.07, 6.45) is 0. The van der Waals surface area contributed by atoms with Crippen molar-refractivity contribution in [2.75, 3.05) is 18.0 Å². The lowest BCUT2D eigenvalue weighted by Gasteiger charge is -2.24. The van der Waals surface area contributed by atoms with Crippen LogP contribution in [0.3, 0.4) is 0 Å². The van der Waals surface area contributed by atoms with Crippen molar-refractivity contribution in [1.82, 2.24) is 0 Å². The van der Waals surface area contributed by atoms with Crippen LogP contribution in [0.25, 0.3) is 0 Å². The average molecular weight is 268 g/mol. The number of rotatable bonds is 5. The van der Waals surface area contributed by atoms with Gasteiger partial charge in [-0.05, 0) is 26.0 Å². The molecule has 1 aromatic rings. The number of nitro groups is 1. The molecule has 0 saturated heterocycles. The van der Waals surface area contributed by atoms with Gasteiger partial charge in [0.05, 0.1) is 16.9 Å². The molecule has 0 N–H and O–H groups in total. The van der Waals surface area contributed by atoms with E-state index >= 15 is 0 Å². The molecule has 1 aromatic carbocycles. The summed E-state index contributed by atoms with van der Waals surface area (Å²) < 4.78 is 0. The van der Waals surface area contributed by atoms with Crippen LogP contribution in [0.1, 0.15) is 13.8 Å². The predicted octanol–water partition coefficient (Wildman–Crippen LogP) is 3.23. The van der Waals surface area contributed by atoms with E-state index in [2.05, 4.69) is 6.07 Å². The van der Waals surface area contributed by atoms with Crippen LogP contribution in [-0.2, 0) is 0 Å². The molecule has 6 heteroatoms. The number of hydrogen-bond donors (Lipinski definition) is 0. The van der Waals surface area contributed by atoms with Gasteiger partial charge in [-0.1, -0.05) is 17.7 Å². The number of anilines is 1. The van der Waals surface area contributed by atoms with Gasteiger partial charge in [-0.2, -0.15) is 5.26 Å². The fraction of sp³-hybridized carbons (Fsp3) is 0.417. The summed E-state index contributed by atoms with van der Waals surface area (Å²) in [6.45, 7) is 4.68. The lowest BCUT2D eigenvalue weighted by molar-refractivity contribution is -0.384. The zero-order valence-electron chi connectivity index (χ0n) is 10.3. The Bertz CT molecular complexity index is 485. The monoisotopic (exact) mass is 267 g/mol. The van der Waals surface area contributed by atoms with Gasteiger partial charge in [0.1, 0.15) is 10.7 Å². The van der Waals surface area contributed by atoms with Crippen molar-refractivity contribution in [3.05, 3.63) is 33.3 Å². The van der Waals surface area contributed by atoms with E-state index in [4.69, 9.17) is 16.9 Å². The van der Waals surface area contributed by atoms with Gasteiger partial charge in [0.2, 0.25) is 0 Å². The predicted molar refractivity (Wildman–Crippen MR) is 70.8 cm³/mol. The molecule has 0 aliphatic carbocycles. The zero-order chi connectivity index (χ0) is 13.7. The van der Waals surface area contributed by atoms with Crippen molar-refractivity contribution in [2.45, 2.75) is 13.8 Å². The normalized spacial score (nSPS) is 11.7. The van der Waals surface area contributed by atoms with Crippen molar-refractivity contribution in [3.63, 3.8) is 0 Å². The Morgan fingerprint density at radius 2 is 2.28 bits per heavy atom. The van der Waals surface area contributed by atoms with Crippen LogP contribution in [0, 0.1) is 27.4 Å². The summed E-state index contributed by atoms with van der Waals surface area (Å²) in [6, 6.07) is 6.93. The van der Waals surface area contributed by atoms with Gasteiger partial charge in [-0.15, -0.1) is 0 Å². The summed E-state index contributed by atoms with van der Waals surface area (Å²) in [7, 11) is 0. The lowest BCUT2D eigenvalue weighted by atomic mass is 10.1. The van der Waals surface area contributed by atoms with E-state index in [1.807, 2.05) is 6.92 Å². The van der Waals surface area contributed by atoms with Gasteiger partial charge in [-0.3, -0.25) is 10.1 Å². The summed E-state index contributed by atoms with van der Waals surface area (Å²) in [5, 5.41) is 20.0. The second-order valence-corrected chi connectivity index (χ2v) is 4.34. The fourth-order valence-corrected chi connectivity index (χ4v) is 1.95. The minimum atomic E-state index is -0.489. The van der Waals surface area contributed by atoms with Crippen molar-refractivity contribution < 1.29 is 4.92 Å². The van der Waals surface area contributed by atoms with Crippen molar-refractivity contribution >= 4 is 23.0 Å². The Labute approximate surface area is 111 Å². The molecule has 0 aliphatic rings. The summed E-state index contributed by atoms with van der Waals surface area (Å²) in [4.78, 5) is 12.3. The third-order valence-corrected chi connectivity index (χ3v) is 2.89. The standard InChI is InChI=1S/C12H14ClN3O2/c1-3-15(8-9(2)7-14)11-6-4-5-10(13)12(11)16(17)18/h4-6,9H,3,8H2,1-2H3. The first-order valence-electron chi connectivity index (χ1n) is 5.58. The molecule has 1 atom stereocenters. The molecule has 96 valence electrons. The molecule has 0 fully saturated rings. The molecule has 1 rings (SSSR count). The number of halogens is 1. The number of nitrogens with zero attached hydrogens (tertiary/aromatic N) is 3. The van der Waals surface area contributed by atoms with E-state index in [0.29, 0.717) is 18.8 Å². The molecule has 0 saturated carbocycles. The van der Waals surface area contributed by atoms with Gasteiger partial charge in [0.15, 0.2) is 0 Å². The third-order valence-electron chi connectivity index (χ3n) is 2.59. The first-order valence-corrected chi connectivity index (χ1v) is 5.96. The van der Waals surface area contributed by atoms with Gasteiger partial charge in [-0.25, -0.2) is 0 Å². The van der Waals surface area contributed by atoms with Crippen molar-refractivity contribution in [1.29, 1.82) is 5.26 Å². The highest BCUT2D eigenvalue weighted by Gasteiger charge is 2.23. The Morgan fingerprint density at radius 3 is 2.78 bits per heavy atom. The Morgan fingerprint density at radius 1 is 1.61 bits per heavy atom. The number of para-hydroxylation sites is 1. The zero-order valence-corrected chi connectivity index (χ0v) is 11.0. The van der Waals surface area contributed by atoms with Crippen molar-refractivity contribution in [2.24, 2.45) is 5.92 Å². The maximum atomic E-state index is 11.0. The molecule has 0 amide bonds. The topological polar surface area (TPSA) is 70.2 Å². The molecule has 0 radical (unpaired) electrons. The molecule has 0 bridgehead atoms. The number of hydrogen-bond acceptors (Lipinski definition) is 4. The average Bonchev–Trinajstić information content (AvgIpc) is 2.34. The summed E-state index contributed by atoms with van der Waals surface area (Å²) in [5.74, 6) is -0.205. The van der Waals surface area contributed by atoms with E-state index in [0.717, 1.165) is 0 Å². The lowest BCUT2D eigenvalue weighted by Crippen LogP contribution is -2.28. The quantitative estimate of drug-likeness (QED) is 0.606. The highest BCUT2D eigenvalue weighted by Crippen LogP contribution is 2.35. The van der Waals surface area contributed by atoms with E-state index in [-0.39, 0.29) is 16.6 Å². The summed E-state index contributed by atoms with van der Waals surface area (Å²) >= 11 is 5.86. The second-order valence-electron chi connectivity index (χ2n) is 3.93. The Balaban J connectivity index is 3.18. The first-order chi connectivity index (χ1) is 8.51. The number of benzene rings is 1. The van der Waals surface area contributed by atoms with Gasteiger partial charge >= 0.3 is 5.69 Å². The molecule has 0 aromatic heterocycles. The largest absolute Gasteiger partial charge is 0.365 e. The first kappa shape index (κ1) is 14.3. The smallest absolute Gasteiger partial charge is 0.310 e. The Hall–Kier alpha value is -1.80.